The summed E-state index contributed by atoms with van der Waals surface area (Å²) in [5.41, 5.74) is 1.89. The van der Waals surface area contributed by atoms with Gasteiger partial charge in [-0.2, -0.15) is 0 Å². The Morgan fingerprint density at radius 1 is 0.958 bits per heavy atom. The molecule has 126 valence electrons. The Labute approximate surface area is 143 Å². The molecule has 0 aliphatic rings. The van der Waals surface area contributed by atoms with Crippen molar-refractivity contribution in [2.45, 2.75) is 19.7 Å². The van der Waals surface area contributed by atoms with E-state index in [2.05, 4.69) is 11.8 Å². The maximum absolute atomic E-state index is 12.8. The Kier molecular flexibility index (Phi) is 6.78. The van der Waals surface area contributed by atoms with Crippen LogP contribution in [0.5, 0.6) is 0 Å². The van der Waals surface area contributed by atoms with E-state index >= 15 is 0 Å². The van der Waals surface area contributed by atoms with Crippen LogP contribution in [0, 0.1) is 11.8 Å². The third kappa shape index (κ3) is 4.56. The zero-order valence-corrected chi connectivity index (χ0v) is 14.7. The molecule has 1 N–H and O–H groups in total. The second-order valence-electron chi connectivity index (χ2n) is 4.95. The molecule has 0 spiro atoms. The highest BCUT2D eigenvalue weighted by Crippen LogP contribution is 2.59. The van der Waals surface area contributed by atoms with E-state index in [9.17, 15) is 9.67 Å². The minimum absolute atomic E-state index is 0.187. The lowest BCUT2D eigenvalue weighted by Crippen LogP contribution is -2.07. The predicted octanol–water partition coefficient (Wildman–Crippen LogP) is 4.34. The van der Waals surface area contributed by atoms with Gasteiger partial charge < -0.3 is 14.2 Å². The van der Waals surface area contributed by atoms with Crippen LogP contribution in [0.2, 0.25) is 0 Å². The number of hydrogen-bond donors (Lipinski definition) is 1. The Bertz CT molecular complexity index is 752. The van der Waals surface area contributed by atoms with E-state index in [1.807, 2.05) is 36.4 Å². The van der Waals surface area contributed by atoms with Gasteiger partial charge in [0, 0.05) is 16.7 Å². The Morgan fingerprint density at radius 2 is 1.54 bits per heavy atom. The largest absolute Gasteiger partial charge is 0.376 e. The zero-order chi connectivity index (χ0) is 17.4. The fraction of sp³-hybridized carbons (Fsp3) is 0.263. The summed E-state index contributed by atoms with van der Waals surface area (Å²) in [7, 11) is -3.67. The van der Waals surface area contributed by atoms with Crippen molar-refractivity contribution in [2.75, 3.05) is 13.2 Å². The van der Waals surface area contributed by atoms with Crippen molar-refractivity contribution < 1.29 is 18.7 Å². The van der Waals surface area contributed by atoms with E-state index in [4.69, 9.17) is 9.05 Å². The summed E-state index contributed by atoms with van der Waals surface area (Å²) in [4.78, 5) is 0. The Hall–Kier alpha value is -1.89. The van der Waals surface area contributed by atoms with E-state index < -0.39 is 13.4 Å². The molecule has 0 radical (unpaired) electrons. The summed E-state index contributed by atoms with van der Waals surface area (Å²) in [6.45, 7) is 3.79. The molecule has 0 aliphatic carbocycles. The van der Waals surface area contributed by atoms with Crippen molar-refractivity contribution in [3.05, 3.63) is 71.3 Å². The van der Waals surface area contributed by atoms with Crippen molar-refractivity contribution in [2.24, 2.45) is 0 Å². The molecule has 0 amide bonds. The summed E-state index contributed by atoms with van der Waals surface area (Å²) >= 11 is 0. The van der Waals surface area contributed by atoms with Gasteiger partial charge in [-0.1, -0.05) is 48.2 Å². The first-order chi connectivity index (χ1) is 11.6. The van der Waals surface area contributed by atoms with Crippen LogP contribution in [0.1, 0.15) is 36.4 Å². The van der Waals surface area contributed by atoms with Crippen LogP contribution in [-0.4, -0.2) is 18.3 Å². The van der Waals surface area contributed by atoms with Crippen LogP contribution < -0.4 is 0 Å². The smallest absolute Gasteiger partial charge is 0.363 e. The van der Waals surface area contributed by atoms with Gasteiger partial charge in [-0.25, -0.2) is 0 Å². The summed E-state index contributed by atoms with van der Waals surface area (Å²) < 4.78 is 23.3. The third-order valence-corrected chi connectivity index (χ3v) is 5.39. The number of benzene rings is 2. The average molecular weight is 344 g/mol. The molecule has 0 aromatic heterocycles. The van der Waals surface area contributed by atoms with Crippen molar-refractivity contribution in [1.29, 1.82) is 0 Å². The quantitative estimate of drug-likeness (QED) is 0.625. The first-order valence-electron chi connectivity index (χ1n) is 7.83. The first kappa shape index (κ1) is 18.4. The van der Waals surface area contributed by atoms with Gasteiger partial charge >= 0.3 is 7.60 Å². The monoisotopic (exact) mass is 344 g/mol. The Balaban J connectivity index is 2.38. The van der Waals surface area contributed by atoms with Gasteiger partial charge in [0.1, 0.15) is 0 Å². The molecule has 1 unspecified atom stereocenters. The number of hydrogen-bond acceptors (Lipinski definition) is 4. The molecule has 2 aromatic rings. The lowest BCUT2D eigenvalue weighted by molar-refractivity contribution is 0.150. The SMILES string of the molecule is CCOP(=O)(OCC)C(O)c1ccccc1C#Cc1ccccc1. The average Bonchev–Trinajstić information content (AvgIpc) is 2.61. The Morgan fingerprint density at radius 3 is 2.17 bits per heavy atom. The van der Waals surface area contributed by atoms with E-state index in [-0.39, 0.29) is 13.2 Å². The molecular weight excluding hydrogens is 323 g/mol. The molecule has 4 nitrogen and oxygen atoms in total. The minimum Gasteiger partial charge on any atom is -0.376 e. The number of rotatable bonds is 6. The van der Waals surface area contributed by atoms with Gasteiger partial charge in [0.25, 0.3) is 0 Å². The fourth-order valence-corrected chi connectivity index (χ4v) is 3.85. The van der Waals surface area contributed by atoms with Crippen molar-refractivity contribution in [1.82, 2.24) is 0 Å². The molecule has 0 saturated carbocycles. The maximum atomic E-state index is 12.8. The molecule has 0 saturated heterocycles. The van der Waals surface area contributed by atoms with Crippen LogP contribution >= 0.6 is 7.60 Å². The van der Waals surface area contributed by atoms with Gasteiger partial charge in [0.05, 0.1) is 13.2 Å². The molecule has 1 atom stereocenters. The first-order valence-corrected chi connectivity index (χ1v) is 9.44. The lowest BCUT2D eigenvalue weighted by atomic mass is 10.1. The van der Waals surface area contributed by atoms with Gasteiger partial charge in [-0.05, 0) is 32.0 Å². The van der Waals surface area contributed by atoms with E-state index in [0.717, 1.165) is 5.56 Å². The van der Waals surface area contributed by atoms with Gasteiger partial charge in [0.15, 0.2) is 5.85 Å². The van der Waals surface area contributed by atoms with Crippen molar-refractivity contribution >= 4 is 7.60 Å². The second kappa shape index (κ2) is 8.82. The normalized spacial score (nSPS) is 12.3. The zero-order valence-electron chi connectivity index (χ0n) is 13.8. The van der Waals surface area contributed by atoms with Gasteiger partial charge in [-0.3, -0.25) is 4.57 Å². The molecule has 2 aromatic carbocycles. The maximum Gasteiger partial charge on any atom is 0.363 e. The van der Waals surface area contributed by atoms with Crippen molar-refractivity contribution in [3.8, 4) is 11.8 Å². The molecule has 2 rings (SSSR count). The van der Waals surface area contributed by atoms with Crippen LogP contribution in [-0.2, 0) is 13.6 Å². The predicted molar refractivity (Wildman–Crippen MR) is 94.7 cm³/mol. The molecular formula is C19H21O4P. The van der Waals surface area contributed by atoms with E-state index in [1.54, 1.807) is 32.0 Å². The summed E-state index contributed by atoms with van der Waals surface area (Å²) in [5, 5.41) is 10.6. The highest BCUT2D eigenvalue weighted by atomic mass is 31.2. The molecule has 0 heterocycles. The lowest BCUT2D eigenvalue weighted by Gasteiger charge is -2.23. The van der Waals surface area contributed by atoms with Gasteiger partial charge in [-0.15, -0.1) is 0 Å². The third-order valence-electron chi connectivity index (χ3n) is 3.27. The minimum atomic E-state index is -3.67. The summed E-state index contributed by atoms with van der Waals surface area (Å²) in [5.74, 6) is 4.69. The van der Waals surface area contributed by atoms with Crippen LogP contribution in [0.25, 0.3) is 0 Å². The van der Waals surface area contributed by atoms with Crippen LogP contribution in [0.4, 0.5) is 0 Å². The topological polar surface area (TPSA) is 55.8 Å². The second-order valence-corrected chi connectivity index (χ2v) is 7.04. The fourth-order valence-electron chi connectivity index (χ4n) is 2.21. The van der Waals surface area contributed by atoms with Crippen molar-refractivity contribution in [3.63, 3.8) is 0 Å². The molecule has 0 aliphatic heterocycles. The summed E-state index contributed by atoms with van der Waals surface area (Å²) in [6, 6.07) is 16.6. The molecule has 0 bridgehead atoms. The van der Waals surface area contributed by atoms with Gasteiger partial charge in [0.2, 0.25) is 0 Å². The number of aliphatic hydroxyl groups is 1. The summed E-state index contributed by atoms with van der Waals surface area (Å²) in [6.07, 6.45) is 0. The number of aliphatic hydroxyl groups excluding tert-OH is 1. The highest BCUT2D eigenvalue weighted by Gasteiger charge is 2.36. The van der Waals surface area contributed by atoms with Crippen LogP contribution in [0.15, 0.2) is 54.6 Å². The highest BCUT2D eigenvalue weighted by molar-refractivity contribution is 7.54. The molecule has 0 fully saturated rings. The molecule has 5 heteroatoms. The van der Waals surface area contributed by atoms with Crippen LogP contribution in [0.3, 0.4) is 0 Å². The molecule has 24 heavy (non-hydrogen) atoms. The van der Waals surface area contributed by atoms with E-state index in [0.29, 0.717) is 11.1 Å². The van der Waals surface area contributed by atoms with E-state index in [1.165, 1.54) is 0 Å². The standard InChI is InChI=1S/C19H21O4P/c1-3-22-24(21,23-4-2)19(20)18-13-9-8-12-17(18)15-14-16-10-6-5-7-11-16/h5-13,19-20H,3-4H2,1-2H3.